The van der Waals surface area contributed by atoms with Gasteiger partial charge >= 0.3 is 5.97 Å². The number of carbonyl (C=O) groups is 2. The van der Waals surface area contributed by atoms with E-state index < -0.39 is 5.97 Å². The predicted molar refractivity (Wildman–Crippen MR) is 70.1 cm³/mol. The van der Waals surface area contributed by atoms with Gasteiger partial charge in [-0.05, 0) is 12.1 Å². The molecule has 0 aromatic carbocycles. The van der Waals surface area contributed by atoms with Crippen LogP contribution in [-0.2, 0) is 9.59 Å². The number of aromatic nitrogens is 1. The van der Waals surface area contributed by atoms with Crippen molar-refractivity contribution in [2.75, 3.05) is 30.4 Å². The zero-order chi connectivity index (χ0) is 14.3. The highest BCUT2D eigenvalue weighted by molar-refractivity contribution is 5.91. The molecule has 1 aromatic heterocycles. The van der Waals surface area contributed by atoms with E-state index in [-0.39, 0.29) is 25.4 Å². The topological polar surface area (TPSA) is 103 Å². The van der Waals surface area contributed by atoms with Crippen LogP contribution in [0, 0.1) is 0 Å². The Balaban J connectivity index is 2.52. The van der Waals surface area contributed by atoms with Gasteiger partial charge in [0.15, 0.2) is 0 Å². The van der Waals surface area contributed by atoms with Crippen LogP contribution in [0.4, 0.5) is 11.5 Å². The van der Waals surface area contributed by atoms with Gasteiger partial charge in [-0.25, -0.2) is 4.98 Å². The van der Waals surface area contributed by atoms with Crippen molar-refractivity contribution < 1.29 is 19.8 Å². The first-order valence-electron chi connectivity index (χ1n) is 5.82. The molecule has 0 radical (unpaired) electrons. The quantitative estimate of drug-likeness (QED) is 0.657. The molecular weight excluding hydrogens is 250 g/mol. The second-order valence-corrected chi connectivity index (χ2v) is 3.99. The molecule has 0 atom stereocenters. The van der Waals surface area contributed by atoms with Crippen molar-refractivity contribution in [1.82, 2.24) is 4.98 Å². The lowest BCUT2D eigenvalue weighted by molar-refractivity contribution is -0.138. The predicted octanol–water partition coefficient (Wildman–Crippen LogP) is 0.313. The highest BCUT2D eigenvalue weighted by Crippen LogP contribution is 2.13. The molecule has 0 fully saturated rings. The molecule has 0 saturated carbocycles. The molecule has 0 spiro atoms. The van der Waals surface area contributed by atoms with Gasteiger partial charge in [0.1, 0.15) is 5.82 Å². The van der Waals surface area contributed by atoms with E-state index in [4.69, 9.17) is 10.2 Å². The van der Waals surface area contributed by atoms with Crippen molar-refractivity contribution in [3.05, 3.63) is 18.3 Å². The van der Waals surface area contributed by atoms with E-state index in [0.29, 0.717) is 12.4 Å². The highest BCUT2D eigenvalue weighted by Gasteiger charge is 2.07. The van der Waals surface area contributed by atoms with Gasteiger partial charge in [0.05, 0.1) is 24.9 Å². The standard InChI is InChI=1S/C12H17N3O4/c1-15(6-7-16)9-2-3-10(13-8-9)14-11(17)4-5-12(18)19/h2-3,8,16H,4-7H2,1H3,(H,18,19)(H,13,14,17). The maximum atomic E-state index is 11.4. The van der Waals surface area contributed by atoms with Crippen LogP contribution in [0.15, 0.2) is 18.3 Å². The molecule has 1 aromatic rings. The lowest BCUT2D eigenvalue weighted by atomic mass is 10.3. The molecule has 7 heteroatoms. The molecule has 19 heavy (non-hydrogen) atoms. The summed E-state index contributed by atoms with van der Waals surface area (Å²) in [7, 11) is 1.82. The largest absolute Gasteiger partial charge is 0.481 e. The molecule has 7 nitrogen and oxygen atoms in total. The minimum absolute atomic E-state index is 0.0458. The lowest BCUT2D eigenvalue weighted by Gasteiger charge is -2.17. The summed E-state index contributed by atoms with van der Waals surface area (Å²) in [5.41, 5.74) is 0.817. The molecule has 104 valence electrons. The van der Waals surface area contributed by atoms with Crippen LogP contribution in [-0.4, -0.2) is 47.3 Å². The SMILES string of the molecule is CN(CCO)c1ccc(NC(=O)CCC(=O)O)nc1. The van der Waals surface area contributed by atoms with Crippen LogP contribution in [0.2, 0.25) is 0 Å². The Labute approximate surface area is 110 Å². The molecule has 0 aliphatic carbocycles. The molecule has 1 rings (SSSR count). The normalized spacial score (nSPS) is 10.0. The van der Waals surface area contributed by atoms with Crippen LogP contribution < -0.4 is 10.2 Å². The number of carboxylic acids is 1. The van der Waals surface area contributed by atoms with Crippen LogP contribution in [0.3, 0.4) is 0 Å². The van der Waals surface area contributed by atoms with Crippen molar-refractivity contribution >= 4 is 23.4 Å². The average Bonchev–Trinajstić information content (AvgIpc) is 2.37. The Morgan fingerprint density at radius 2 is 2.11 bits per heavy atom. The Hall–Kier alpha value is -2.15. The van der Waals surface area contributed by atoms with Crippen LogP contribution in [0.5, 0.6) is 0 Å². The first-order chi connectivity index (χ1) is 9.02. The monoisotopic (exact) mass is 267 g/mol. The zero-order valence-corrected chi connectivity index (χ0v) is 10.7. The van der Waals surface area contributed by atoms with Gasteiger partial charge in [0.25, 0.3) is 0 Å². The third-order valence-corrected chi connectivity index (χ3v) is 2.46. The maximum absolute atomic E-state index is 11.4. The van der Waals surface area contributed by atoms with E-state index in [9.17, 15) is 9.59 Å². The molecule has 0 aliphatic rings. The minimum Gasteiger partial charge on any atom is -0.481 e. The number of aliphatic hydroxyl groups excluding tert-OH is 1. The number of nitrogens with zero attached hydrogens (tertiary/aromatic N) is 2. The van der Waals surface area contributed by atoms with E-state index in [1.54, 1.807) is 18.3 Å². The number of aliphatic hydroxyl groups is 1. The number of hydrogen-bond donors (Lipinski definition) is 3. The van der Waals surface area contributed by atoms with E-state index in [1.807, 2.05) is 11.9 Å². The number of aliphatic carboxylic acids is 1. The van der Waals surface area contributed by atoms with Crippen molar-refractivity contribution in [1.29, 1.82) is 0 Å². The summed E-state index contributed by atoms with van der Waals surface area (Å²) in [4.78, 5) is 27.6. The van der Waals surface area contributed by atoms with Crippen molar-refractivity contribution in [3.63, 3.8) is 0 Å². The summed E-state index contributed by atoms with van der Waals surface area (Å²) >= 11 is 0. The number of carbonyl (C=O) groups excluding carboxylic acids is 1. The summed E-state index contributed by atoms with van der Waals surface area (Å²) in [6.07, 6.45) is 1.29. The van der Waals surface area contributed by atoms with Gasteiger partial charge < -0.3 is 20.4 Å². The van der Waals surface area contributed by atoms with E-state index in [2.05, 4.69) is 10.3 Å². The smallest absolute Gasteiger partial charge is 0.303 e. The molecule has 1 heterocycles. The summed E-state index contributed by atoms with van der Waals surface area (Å²) in [5.74, 6) is -1.02. The van der Waals surface area contributed by atoms with Gasteiger partial charge in [-0.15, -0.1) is 0 Å². The fraction of sp³-hybridized carbons (Fsp3) is 0.417. The zero-order valence-electron chi connectivity index (χ0n) is 10.7. The number of hydrogen-bond acceptors (Lipinski definition) is 5. The highest BCUT2D eigenvalue weighted by atomic mass is 16.4. The third kappa shape index (κ3) is 5.35. The molecular formula is C12H17N3O4. The Morgan fingerprint density at radius 1 is 1.37 bits per heavy atom. The number of nitrogens with one attached hydrogen (secondary N) is 1. The Bertz CT molecular complexity index is 433. The Morgan fingerprint density at radius 3 is 2.63 bits per heavy atom. The first kappa shape index (κ1) is 14.9. The second-order valence-electron chi connectivity index (χ2n) is 3.99. The number of anilines is 2. The van der Waals surface area contributed by atoms with E-state index in [1.165, 1.54) is 0 Å². The minimum atomic E-state index is -1.01. The number of likely N-dealkylation sites (N-methyl/N-ethyl adjacent to an activating group) is 1. The summed E-state index contributed by atoms with van der Waals surface area (Å²) in [6, 6.07) is 3.39. The summed E-state index contributed by atoms with van der Waals surface area (Å²) in [6.45, 7) is 0.538. The summed E-state index contributed by atoms with van der Waals surface area (Å²) in [5, 5.41) is 19.8. The Kier molecular flexibility index (Phi) is 5.74. The van der Waals surface area contributed by atoms with Crippen LogP contribution >= 0.6 is 0 Å². The number of amides is 1. The molecule has 3 N–H and O–H groups in total. The van der Waals surface area contributed by atoms with E-state index >= 15 is 0 Å². The van der Waals surface area contributed by atoms with Crippen LogP contribution in [0.1, 0.15) is 12.8 Å². The molecule has 0 saturated heterocycles. The molecule has 0 bridgehead atoms. The lowest BCUT2D eigenvalue weighted by Crippen LogP contribution is -2.21. The fourth-order valence-corrected chi connectivity index (χ4v) is 1.39. The summed E-state index contributed by atoms with van der Waals surface area (Å²) < 4.78 is 0. The number of rotatable bonds is 7. The third-order valence-electron chi connectivity index (χ3n) is 2.46. The second kappa shape index (κ2) is 7.32. The number of pyridine rings is 1. The van der Waals surface area contributed by atoms with Gasteiger partial charge in [-0.3, -0.25) is 9.59 Å². The van der Waals surface area contributed by atoms with E-state index in [0.717, 1.165) is 5.69 Å². The van der Waals surface area contributed by atoms with Gasteiger partial charge in [-0.2, -0.15) is 0 Å². The average molecular weight is 267 g/mol. The van der Waals surface area contributed by atoms with Gasteiger partial charge in [0.2, 0.25) is 5.91 Å². The van der Waals surface area contributed by atoms with Crippen molar-refractivity contribution in [3.8, 4) is 0 Å². The molecule has 1 amide bonds. The van der Waals surface area contributed by atoms with Crippen molar-refractivity contribution in [2.24, 2.45) is 0 Å². The number of carboxylic acid groups (broad SMARTS) is 1. The van der Waals surface area contributed by atoms with Gasteiger partial charge in [0, 0.05) is 20.0 Å². The first-order valence-corrected chi connectivity index (χ1v) is 5.82. The van der Waals surface area contributed by atoms with Crippen molar-refractivity contribution in [2.45, 2.75) is 12.8 Å². The maximum Gasteiger partial charge on any atom is 0.303 e. The molecule has 0 unspecified atom stereocenters. The molecule has 0 aliphatic heterocycles. The van der Waals surface area contributed by atoms with Gasteiger partial charge in [-0.1, -0.05) is 0 Å². The fourth-order valence-electron chi connectivity index (χ4n) is 1.39. The van der Waals surface area contributed by atoms with Crippen LogP contribution in [0.25, 0.3) is 0 Å².